The Morgan fingerprint density at radius 2 is 1.87 bits per heavy atom. The molecule has 31 heavy (non-hydrogen) atoms. The van der Waals surface area contributed by atoms with Crippen LogP contribution in [-0.2, 0) is 11.2 Å². The average Bonchev–Trinajstić information content (AvgIpc) is 3.33. The van der Waals surface area contributed by atoms with Gasteiger partial charge in [-0.25, -0.2) is 4.39 Å². The maximum atomic E-state index is 13.9. The van der Waals surface area contributed by atoms with Gasteiger partial charge in [0.1, 0.15) is 11.6 Å². The molecular weight excluding hydrogens is 411 g/mol. The first kappa shape index (κ1) is 20.6. The lowest BCUT2D eigenvalue weighted by molar-refractivity contribution is -0.123. The van der Waals surface area contributed by atoms with Gasteiger partial charge < -0.3 is 0 Å². The van der Waals surface area contributed by atoms with E-state index in [0.29, 0.717) is 35.1 Å². The summed E-state index contributed by atoms with van der Waals surface area (Å²) in [5.41, 5.74) is 2.88. The Morgan fingerprint density at radius 1 is 1.10 bits per heavy atom. The van der Waals surface area contributed by atoms with Crippen LogP contribution in [0.25, 0.3) is 10.9 Å². The van der Waals surface area contributed by atoms with E-state index in [9.17, 15) is 9.18 Å². The summed E-state index contributed by atoms with van der Waals surface area (Å²) in [5, 5.41) is 1.54. The van der Waals surface area contributed by atoms with Gasteiger partial charge in [0, 0.05) is 35.8 Å². The zero-order chi connectivity index (χ0) is 21.5. The predicted molar refractivity (Wildman–Crippen MR) is 121 cm³/mol. The minimum Gasteiger partial charge on any atom is -0.299 e. The minimum atomic E-state index is -0.206. The van der Waals surface area contributed by atoms with Crippen molar-refractivity contribution in [2.45, 2.75) is 44.9 Å². The zero-order valence-corrected chi connectivity index (χ0v) is 18.4. The summed E-state index contributed by atoms with van der Waals surface area (Å²) in [6.45, 7) is 2.08. The Balaban J connectivity index is 1.24. The van der Waals surface area contributed by atoms with Gasteiger partial charge in [-0.1, -0.05) is 18.5 Å². The molecule has 2 fully saturated rings. The van der Waals surface area contributed by atoms with E-state index in [-0.39, 0.29) is 17.5 Å². The normalized spacial score (nSPS) is 26.2. The summed E-state index contributed by atoms with van der Waals surface area (Å²) in [5.74, 6) is 2.31. The van der Waals surface area contributed by atoms with Crippen LogP contribution >= 0.6 is 11.6 Å². The van der Waals surface area contributed by atoms with Crippen molar-refractivity contribution in [3.05, 3.63) is 70.9 Å². The number of fused-ring (bicyclic) bond motifs is 2. The third-order valence-electron chi connectivity index (χ3n) is 7.59. The summed E-state index contributed by atoms with van der Waals surface area (Å²) < 4.78 is 13.9. The number of ketones is 1. The standard InChI is InChI=1S/C26H26ClFN2O/c1-15(26(31)13-22-4-2-20(27)14-30-22)16-8-17-10-19(11-18(17)9-16)23-6-7-29-25-5-3-21(28)12-24(23)25/h2-7,12,14-19H,8-11,13H2,1H3/t15?,16?,17-,18+,19?. The zero-order valence-electron chi connectivity index (χ0n) is 17.6. The van der Waals surface area contributed by atoms with Gasteiger partial charge in [0.2, 0.25) is 0 Å². The fourth-order valence-corrected chi connectivity index (χ4v) is 6.05. The molecule has 0 aliphatic heterocycles. The molecular formula is C26H26ClFN2O. The van der Waals surface area contributed by atoms with Crippen LogP contribution in [0.2, 0.25) is 5.02 Å². The maximum Gasteiger partial charge on any atom is 0.141 e. The van der Waals surface area contributed by atoms with E-state index in [0.717, 1.165) is 42.3 Å². The molecule has 0 N–H and O–H groups in total. The highest BCUT2D eigenvalue weighted by Gasteiger charge is 2.44. The van der Waals surface area contributed by atoms with E-state index in [1.54, 1.807) is 24.4 Å². The second kappa shape index (κ2) is 8.31. The smallest absolute Gasteiger partial charge is 0.141 e. The Kier molecular flexibility index (Phi) is 5.51. The van der Waals surface area contributed by atoms with E-state index in [1.807, 2.05) is 12.3 Å². The Bertz CT molecular complexity index is 1100. The molecule has 0 spiro atoms. The van der Waals surface area contributed by atoms with Crippen molar-refractivity contribution in [3.8, 4) is 0 Å². The van der Waals surface area contributed by atoms with Crippen molar-refractivity contribution >= 4 is 28.3 Å². The van der Waals surface area contributed by atoms with Crippen molar-refractivity contribution in [1.29, 1.82) is 0 Å². The molecule has 0 amide bonds. The summed E-state index contributed by atoms with van der Waals surface area (Å²) in [6.07, 6.45) is 8.29. The third-order valence-corrected chi connectivity index (χ3v) is 7.81. The molecule has 2 aliphatic rings. The highest BCUT2D eigenvalue weighted by atomic mass is 35.5. The maximum absolute atomic E-state index is 13.9. The SMILES string of the molecule is CC(C(=O)Cc1ccc(Cl)cn1)C1C[C@H]2CC(c3ccnc4ccc(F)cc34)C[C@H]2C1. The van der Waals surface area contributed by atoms with Crippen molar-refractivity contribution in [1.82, 2.24) is 9.97 Å². The van der Waals surface area contributed by atoms with Gasteiger partial charge in [-0.05, 0) is 91.3 Å². The average molecular weight is 437 g/mol. The first-order valence-electron chi connectivity index (χ1n) is 11.1. The molecule has 5 heteroatoms. The quantitative estimate of drug-likeness (QED) is 0.465. The number of nitrogens with zero attached hydrogens (tertiary/aromatic N) is 2. The molecule has 3 nitrogen and oxygen atoms in total. The van der Waals surface area contributed by atoms with Crippen molar-refractivity contribution in [2.75, 3.05) is 0 Å². The van der Waals surface area contributed by atoms with Crippen molar-refractivity contribution < 1.29 is 9.18 Å². The fourth-order valence-electron chi connectivity index (χ4n) is 5.93. The Morgan fingerprint density at radius 3 is 2.58 bits per heavy atom. The van der Waals surface area contributed by atoms with Crippen LogP contribution in [0, 0.1) is 29.5 Å². The number of carbonyl (C=O) groups excluding carboxylic acids is 1. The van der Waals surface area contributed by atoms with E-state index in [1.165, 1.54) is 11.6 Å². The Labute approximate surface area is 187 Å². The van der Waals surface area contributed by atoms with Gasteiger partial charge in [-0.2, -0.15) is 0 Å². The van der Waals surface area contributed by atoms with E-state index >= 15 is 0 Å². The monoisotopic (exact) mass is 436 g/mol. The summed E-state index contributed by atoms with van der Waals surface area (Å²) >= 11 is 5.90. The molecule has 2 aliphatic carbocycles. The van der Waals surface area contributed by atoms with Gasteiger partial charge in [0.05, 0.1) is 10.5 Å². The van der Waals surface area contributed by atoms with Crippen LogP contribution < -0.4 is 0 Å². The van der Waals surface area contributed by atoms with Crippen LogP contribution in [0.4, 0.5) is 4.39 Å². The molecule has 0 bridgehead atoms. The van der Waals surface area contributed by atoms with Gasteiger partial charge in [0.15, 0.2) is 0 Å². The van der Waals surface area contributed by atoms with Gasteiger partial charge in [-0.15, -0.1) is 0 Å². The minimum absolute atomic E-state index is 0.0531. The molecule has 2 heterocycles. The lowest BCUT2D eigenvalue weighted by atomic mass is 9.83. The first-order chi connectivity index (χ1) is 15.0. The van der Waals surface area contributed by atoms with Crippen LogP contribution in [0.1, 0.15) is 49.8 Å². The topological polar surface area (TPSA) is 42.9 Å². The van der Waals surface area contributed by atoms with Crippen LogP contribution in [0.5, 0.6) is 0 Å². The molecule has 2 aromatic heterocycles. The number of aromatic nitrogens is 2. The number of rotatable bonds is 5. The first-order valence-corrected chi connectivity index (χ1v) is 11.5. The molecule has 0 radical (unpaired) electrons. The number of hydrogen-bond donors (Lipinski definition) is 0. The van der Waals surface area contributed by atoms with Crippen LogP contribution in [0.15, 0.2) is 48.8 Å². The van der Waals surface area contributed by atoms with E-state index in [2.05, 4.69) is 23.0 Å². The predicted octanol–water partition coefficient (Wildman–Crippen LogP) is 6.39. The summed E-state index contributed by atoms with van der Waals surface area (Å²) in [4.78, 5) is 21.5. The number of halogens is 2. The fraction of sp³-hybridized carbons (Fsp3) is 0.423. The van der Waals surface area contributed by atoms with Crippen LogP contribution in [-0.4, -0.2) is 15.8 Å². The number of carbonyl (C=O) groups is 1. The number of benzene rings is 1. The number of pyridine rings is 2. The third kappa shape index (κ3) is 4.10. The largest absolute Gasteiger partial charge is 0.299 e. The second-order valence-corrected chi connectivity index (χ2v) is 9.82. The van der Waals surface area contributed by atoms with Crippen LogP contribution in [0.3, 0.4) is 0 Å². The Hall–Kier alpha value is -2.33. The van der Waals surface area contributed by atoms with Gasteiger partial charge in [-0.3, -0.25) is 14.8 Å². The summed E-state index contributed by atoms with van der Waals surface area (Å²) in [7, 11) is 0. The highest BCUT2D eigenvalue weighted by molar-refractivity contribution is 6.30. The molecule has 160 valence electrons. The number of Topliss-reactive ketones (excluding diaryl/α,β-unsaturated/α-hetero) is 1. The highest BCUT2D eigenvalue weighted by Crippen LogP contribution is 2.54. The van der Waals surface area contributed by atoms with Crippen molar-refractivity contribution in [3.63, 3.8) is 0 Å². The second-order valence-electron chi connectivity index (χ2n) is 9.38. The lowest BCUT2D eigenvalue weighted by Crippen LogP contribution is -2.22. The molecule has 2 saturated carbocycles. The van der Waals surface area contributed by atoms with Gasteiger partial charge in [0.25, 0.3) is 0 Å². The lowest BCUT2D eigenvalue weighted by Gasteiger charge is -2.21. The summed E-state index contributed by atoms with van der Waals surface area (Å²) in [6, 6.07) is 10.6. The molecule has 5 rings (SSSR count). The molecule has 3 unspecified atom stereocenters. The van der Waals surface area contributed by atoms with E-state index < -0.39 is 0 Å². The van der Waals surface area contributed by atoms with Crippen molar-refractivity contribution in [2.24, 2.45) is 23.7 Å². The number of hydrogen-bond acceptors (Lipinski definition) is 3. The molecule has 3 aromatic rings. The molecule has 1 aromatic carbocycles. The van der Waals surface area contributed by atoms with E-state index in [4.69, 9.17) is 11.6 Å². The van der Waals surface area contributed by atoms with Gasteiger partial charge >= 0.3 is 0 Å². The molecule has 5 atom stereocenters. The molecule has 0 saturated heterocycles.